The lowest BCUT2D eigenvalue weighted by molar-refractivity contribution is 0.250. The van der Waals surface area contributed by atoms with Crippen LogP contribution in [0.2, 0.25) is 5.15 Å². The lowest BCUT2D eigenvalue weighted by atomic mass is 9.92. The highest BCUT2D eigenvalue weighted by atomic mass is 35.5. The fourth-order valence-corrected chi connectivity index (χ4v) is 2.56. The summed E-state index contributed by atoms with van der Waals surface area (Å²) < 4.78 is 0. The van der Waals surface area contributed by atoms with Gasteiger partial charge in [0.25, 0.3) is 0 Å². The first-order chi connectivity index (χ1) is 7.18. The zero-order chi connectivity index (χ0) is 10.8. The molecule has 3 nitrogen and oxygen atoms in total. The van der Waals surface area contributed by atoms with E-state index in [0.29, 0.717) is 5.15 Å². The molecule has 0 bridgehead atoms. The van der Waals surface area contributed by atoms with Crippen LogP contribution in [-0.4, -0.2) is 30.0 Å². The summed E-state index contributed by atoms with van der Waals surface area (Å²) in [7, 11) is 2.08. The molecule has 0 spiro atoms. The largest absolute Gasteiger partial charge is 0.352 e. The van der Waals surface area contributed by atoms with E-state index in [4.69, 9.17) is 11.6 Å². The van der Waals surface area contributed by atoms with Gasteiger partial charge in [-0.2, -0.15) is 0 Å². The van der Waals surface area contributed by atoms with Crippen molar-refractivity contribution in [2.45, 2.75) is 18.8 Å². The molecule has 0 saturated carbocycles. The molecule has 4 heteroatoms. The molecule has 1 aromatic heterocycles. The Morgan fingerprint density at radius 3 is 3.07 bits per heavy atom. The molecular weight excluding hydrogens is 212 g/mol. The first kappa shape index (κ1) is 10.7. The molecule has 1 aromatic rings. The first-order valence-corrected chi connectivity index (χ1v) is 5.62. The summed E-state index contributed by atoms with van der Waals surface area (Å²) in [6.07, 6.45) is 3.78. The minimum atomic E-state index is 0.0547. The number of nitrogens with zero attached hydrogens (tertiary/aromatic N) is 1. The number of nitrogens with one attached hydrogen (secondary N) is 1. The molecule has 0 aromatic carbocycles. The highest BCUT2D eigenvalue weighted by Gasteiger charge is 2.23. The summed E-state index contributed by atoms with van der Waals surface area (Å²) in [5.41, 5.74) is 0.810. The Balaban J connectivity index is 2.32. The van der Waals surface area contributed by atoms with Gasteiger partial charge in [0.2, 0.25) is 0 Å². The monoisotopic (exact) mass is 226 g/mol. The molecular formula is C11H15ClN2O. The second-order valence-electron chi connectivity index (χ2n) is 4.17. The van der Waals surface area contributed by atoms with Gasteiger partial charge in [0.05, 0.1) is 0 Å². The van der Waals surface area contributed by atoms with Gasteiger partial charge in [-0.15, -0.1) is 0 Å². The Labute approximate surface area is 94.1 Å². The van der Waals surface area contributed by atoms with Crippen LogP contribution < -0.4 is 5.43 Å². The van der Waals surface area contributed by atoms with Crippen molar-refractivity contribution in [3.63, 3.8) is 0 Å². The lowest BCUT2D eigenvalue weighted by Gasteiger charge is -2.29. The van der Waals surface area contributed by atoms with E-state index in [9.17, 15) is 4.79 Å². The van der Waals surface area contributed by atoms with E-state index in [0.717, 1.165) is 31.5 Å². The second kappa shape index (κ2) is 4.37. The summed E-state index contributed by atoms with van der Waals surface area (Å²) in [5, 5.41) is 0.503. The molecule has 1 unspecified atom stereocenters. The molecule has 2 heterocycles. The highest BCUT2D eigenvalue weighted by molar-refractivity contribution is 6.30. The Hall–Kier alpha value is -0.800. The van der Waals surface area contributed by atoms with E-state index >= 15 is 0 Å². The van der Waals surface area contributed by atoms with Crippen molar-refractivity contribution in [1.29, 1.82) is 0 Å². The van der Waals surface area contributed by atoms with Gasteiger partial charge in [0, 0.05) is 30.3 Å². The molecule has 82 valence electrons. The number of hydrogen-bond acceptors (Lipinski definition) is 2. The van der Waals surface area contributed by atoms with Crippen LogP contribution in [0.15, 0.2) is 17.1 Å². The fourth-order valence-electron chi connectivity index (χ4n) is 2.25. The third-order valence-electron chi connectivity index (χ3n) is 2.98. The number of halogens is 1. The molecule has 1 aliphatic heterocycles. The molecule has 1 atom stereocenters. The van der Waals surface area contributed by atoms with Crippen LogP contribution in [0.5, 0.6) is 0 Å². The van der Waals surface area contributed by atoms with E-state index in [2.05, 4.69) is 16.9 Å². The number of pyridine rings is 1. The standard InChI is InChI=1S/C11H15ClN2O/c1-14-6-2-3-8(7-14)10-9(15)4-5-13-11(10)12/h4-5,8H,2-3,6-7H2,1H3,(H,13,15). The third kappa shape index (κ3) is 2.24. The second-order valence-corrected chi connectivity index (χ2v) is 4.55. The summed E-state index contributed by atoms with van der Waals surface area (Å²) >= 11 is 6.04. The average Bonchev–Trinajstić information content (AvgIpc) is 2.17. The molecule has 1 N–H and O–H groups in total. The SMILES string of the molecule is CN1CCCC(c2c(Cl)[nH]ccc2=O)C1. The van der Waals surface area contributed by atoms with Gasteiger partial charge in [0.1, 0.15) is 5.15 Å². The van der Waals surface area contributed by atoms with Crippen LogP contribution in [-0.2, 0) is 0 Å². The third-order valence-corrected chi connectivity index (χ3v) is 3.29. The zero-order valence-corrected chi connectivity index (χ0v) is 9.55. The maximum absolute atomic E-state index is 11.7. The van der Waals surface area contributed by atoms with Crippen LogP contribution in [0.1, 0.15) is 24.3 Å². The van der Waals surface area contributed by atoms with Crippen molar-refractivity contribution in [3.05, 3.63) is 33.2 Å². The molecule has 1 aliphatic rings. The minimum absolute atomic E-state index is 0.0547. The van der Waals surface area contributed by atoms with Crippen molar-refractivity contribution in [3.8, 4) is 0 Å². The average molecular weight is 227 g/mol. The van der Waals surface area contributed by atoms with Crippen LogP contribution in [0.4, 0.5) is 0 Å². The number of aromatic amines is 1. The molecule has 1 saturated heterocycles. The van der Waals surface area contributed by atoms with Crippen LogP contribution in [0.3, 0.4) is 0 Å². The van der Waals surface area contributed by atoms with Gasteiger partial charge in [-0.3, -0.25) is 4.79 Å². The van der Waals surface area contributed by atoms with Crippen LogP contribution >= 0.6 is 11.6 Å². The smallest absolute Gasteiger partial charge is 0.186 e. The van der Waals surface area contributed by atoms with Gasteiger partial charge in [0.15, 0.2) is 5.43 Å². The van der Waals surface area contributed by atoms with E-state index in [1.807, 2.05) is 0 Å². The number of rotatable bonds is 1. The quantitative estimate of drug-likeness (QED) is 0.742. The predicted octanol–water partition coefficient (Wildman–Crippen LogP) is 1.84. The van der Waals surface area contributed by atoms with Gasteiger partial charge >= 0.3 is 0 Å². The van der Waals surface area contributed by atoms with E-state index in [1.165, 1.54) is 0 Å². The number of likely N-dealkylation sites (tertiary alicyclic amines) is 1. The maximum atomic E-state index is 11.7. The summed E-state index contributed by atoms with van der Waals surface area (Å²) in [4.78, 5) is 16.9. The Bertz CT molecular complexity index is 402. The van der Waals surface area contributed by atoms with Crippen molar-refractivity contribution in [1.82, 2.24) is 9.88 Å². The molecule has 2 rings (SSSR count). The number of aromatic nitrogens is 1. The number of likely N-dealkylation sites (N-methyl/N-ethyl adjacent to an activating group) is 1. The van der Waals surface area contributed by atoms with Crippen molar-refractivity contribution in [2.75, 3.05) is 20.1 Å². The van der Waals surface area contributed by atoms with Crippen LogP contribution in [0, 0.1) is 0 Å². The fraction of sp³-hybridized carbons (Fsp3) is 0.545. The summed E-state index contributed by atoms with van der Waals surface area (Å²) in [6, 6.07) is 1.55. The lowest BCUT2D eigenvalue weighted by Crippen LogP contribution is -2.33. The Morgan fingerprint density at radius 1 is 1.60 bits per heavy atom. The Kier molecular flexibility index (Phi) is 3.12. The van der Waals surface area contributed by atoms with Crippen molar-refractivity contribution in [2.24, 2.45) is 0 Å². The van der Waals surface area contributed by atoms with Gasteiger partial charge in [-0.05, 0) is 26.4 Å². The predicted molar refractivity (Wildman–Crippen MR) is 61.5 cm³/mol. The van der Waals surface area contributed by atoms with E-state index < -0.39 is 0 Å². The molecule has 1 fully saturated rings. The molecule has 0 amide bonds. The number of hydrogen-bond donors (Lipinski definition) is 1. The van der Waals surface area contributed by atoms with Gasteiger partial charge in [-0.1, -0.05) is 11.6 Å². The van der Waals surface area contributed by atoms with E-state index in [-0.39, 0.29) is 11.3 Å². The topological polar surface area (TPSA) is 36.1 Å². The van der Waals surface area contributed by atoms with Crippen molar-refractivity contribution >= 4 is 11.6 Å². The summed E-state index contributed by atoms with van der Waals surface area (Å²) in [6.45, 7) is 2.03. The maximum Gasteiger partial charge on any atom is 0.186 e. The normalized spacial score (nSPS) is 22.9. The zero-order valence-electron chi connectivity index (χ0n) is 8.79. The molecule has 15 heavy (non-hydrogen) atoms. The number of H-pyrrole nitrogens is 1. The highest BCUT2D eigenvalue weighted by Crippen LogP contribution is 2.27. The minimum Gasteiger partial charge on any atom is -0.352 e. The van der Waals surface area contributed by atoms with E-state index in [1.54, 1.807) is 12.3 Å². The van der Waals surface area contributed by atoms with Crippen molar-refractivity contribution < 1.29 is 0 Å². The Morgan fingerprint density at radius 2 is 2.40 bits per heavy atom. The summed E-state index contributed by atoms with van der Waals surface area (Å²) in [5.74, 6) is 0.279. The van der Waals surface area contributed by atoms with Gasteiger partial charge < -0.3 is 9.88 Å². The van der Waals surface area contributed by atoms with Gasteiger partial charge in [-0.25, -0.2) is 0 Å². The van der Waals surface area contributed by atoms with Crippen LogP contribution in [0.25, 0.3) is 0 Å². The molecule has 0 aliphatic carbocycles. The first-order valence-electron chi connectivity index (χ1n) is 5.24. The number of piperidine rings is 1. The molecule has 0 radical (unpaired) electrons.